The highest BCUT2D eigenvalue weighted by Crippen LogP contribution is 2.13. The van der Waals surface area contributed by atoms with Crippen LogP contribution in [0.1, 0.15) is 50.4 Å². The molecule has 20 heavy (non-hydrogen) atoms. The first kappa shape index (κ1) is 16.8. The van der Waals surface area contributed by atoms with Crippen LogP contribution in [0.3, 0.4) is 0 Å². The predicted molar refractivity (Wildman–Crippen MR) is 83.7 cm³/mol. The van der Waals surface area contributed by atoms with Crippen LogP contribution in [0.4, 0.5) is 0 Å². The summed E-state index contributed by atoms with van der Waals surface area (Å²) in [6.07, 6.45) is 2.90. The lowest BCUT2D eigenvalue weighted by molar-refractivity contribution is 0.0938. The lowest BCUT2D eigenvalue weighted by atomic mass is 10.1. The third-order valence-corrected chi connectivity index (χ3v) is 3.12. The molecule has 0 saturated carbocycles. The third kappa shape index (κ3) is 6.29. The summed E-state index contributed by atoms with van der Waals surface area (Å²) in [5, 5.41) is 2.99. The van der Waals surface area contributed by atoms with Gasteiger partial charge in [0.05, 0.1) is 6.61 Å². The number of nitrogens with one attached hydrogen (secondary N) is 1. The molecule has 0 bridgehead atoms. The fourth-order valence-electron chi connectivity index (χ4n) is 1.89. The van der Waals surface area contributed by atoms with Gasteiger partial charge in [-0.2, -0.15) is 0 Å². The van der Waals surface area contributed by atoms with Crippen LogP contribution in [0.15, 0.2) is 24.3 Å². The number of ether oxygens (including phenoxy) is 1. The summed E-state index contributed by atoms with van der Waals surface area (Å²) < 4.78 is 5.57. The van der Waals surface area contributed by atoms with Crippen LogP contribution in [0, 0.1) is 0 Å². The predicted octanol–water partition coefficient (Wildman–Crippen LogP) is 4.00. The van der Waals surface area contributed by atoms with E-state index in [1.165, 1.54) is 0 Å². The molecule has 0 aliphatic rings. The summed E-state index contributed by atoms with van der Waals surface area (Å²) in [4.78, 5) is 12.0. The van der Waals surface area contributed by atoms with E-state index in [1.807, 2.05) is 26.0 Å². The molecule has 4 heteroatoms. The largest absolute Gasteiger partial charge is 0.494 e. The van der Waals surface area contributed by atoms with E-state index in [-0.39, 0.29) is 17.3 Å². The Hall–Kier alpha value is -1.22. The number of hydrogen-bond acceptors (Lipinski definition) is 2. The Labute approximate surface area is 126 Å². The van der Waals surface area contributed by atoms with E-state index in [9.17, 15) is 4.79 Å². The molecular formula is C16H24ClNO2. The Bertz CT molecular complexity index is 403. The van der Waals surface area contributed by atoms with E-state index < -0.39 is 0 Å². The monoisotopic (exact) mass is 297 g/mol. The number of hydrogen-bond donors (Lipinski definition) is 1. The Morgan fingerprint density at radius 3 is 2.50 bits per heavy atom. The number of benzene rings is 1. The minimum absolute atomic E-state index is 0.0552. The highest BCUT2D eigenvalue weighted by molar-refractivity contribution is 6.20. The van der Waals surface area contributed by atoms with Gasteiger partial charge in [0.2, 0.25) is 0 Å². The van der Waals surface area contributed by atoms with Crippen LogP contribution >= 0.6 is 11.6 Å². The van der Waals surface area contributed by atoms with Gasteiger partial charge < -0.3 is 10.1 Å². The van der Waals surface area contributed by atoms with Crippen LogP contribution in [0.5, 0.6) is 5.75 Å². The van der Waals surface area contributed by atoms with Crippen LogP contribution < -0.4 is 10.1 Å². The van der Waals surface area contributed by atoms with E-state index in [2.05, 4.69) is 12.2 Å². The van der Waals surface area contributed by atoms with Crippen molar-refractivity contribution in [2.75, 3.05) is 6.61 Å². The number of carbonyl (C=O) groups is 1. The van der Waals surface area contributed by atoms with Crippen molar-refractivity contribution in [2.24, 2.45) is 0 Å². The number of alkyl halides is 1. The zero-order valence-electron chi connectivity index (χ0n) is 12.5. The number of rotatable bonds is 8. The topological polar surface area (TPSA) is 38.3 Å². The molecule has 2 unspecified atom stereocenters. The van der Waals surface area contributed by atoms with Crippen LogP contribution in [0.2, 0.25) is 0 Å². The molecule has 0 spiro atoms. The standard InChI is InChI=1S/C16H24ClNO2/c1-4-5-10-20-15-8-6-14(7-9-15)16(19)18-13(3)11-12(2)17/h6-9,12-13H,4-5,10-11H2,1-3H3,(H,18,19). The quantitative estimate of drug-likeness (QED) is 0.582. The maximum absolute atomic E-state index is 12.0. The van der Waals surface area contributed by atoms with Gasteiger partial charge in [0.25, 0.3) is 5.91 Å². The molecule has 0 aromatic heterocycles. The van der Waals surface area contributed by atoms with E-state index in [0.29, 0.717) is 12.2 Å². The average molecular weight is 298 g/mol. The Morgan fingerprint density at radius 2 is 1.95 bits per heavy atom. The Balaban J connectivity index is 2.48. The smallest absolute Gasteiger partial charge is 0.251 e. The van der Waals surface area contributed by atoms with E-state index in [4.69, 9.17) is 16.3 Å². The highest BCUT2D eigenvalue weighted by atomic mass is 35.5. The maximum Gasteiger partial charge on any atom is 0.251 e. The van der Waals surface area contributed by atoms with Crippen molar-refractivity contribution in [1.29, 1.82) is 0 Å². The lowest BCUT2D eigenvalue weighted by Gasteiger charge is -2.15. The maximum atomic E-state index is 12.0. The molecule has 0 heterocycles. The lowest BCUT2D eigenvalue weighted by Crippen LogP contribution is -2.33. The van der Waals surface area contributed by atoms with E-state index in [0.717, 1.165) is 25.0 Å². The molecule has 1 N–H and O–H groups in total. The second-order valence-electron chi connectivity index (χ2n) is 5.12. The van der Waals surface area contributed by atoms with Crippen molar-refractivity contribution >= 4 is 17.5 Å². The van der Waals surface area contributed by atoms with Crippen molar-refractivity contribution in [3.05, 3.63) is 29.8 Å². The second-order valence-corrected chi connectivity index (χ2v) is 5.86. The Kier molecular flexibility index (Phi) is 7.45. The summed E-state index contributed by atoms with van der Waals surface area (Å²) in [7, 11) is 0. The number of halogens is 1. The number of amides is 1. The summed E-state index contributed by atoms with van der Waals surface area (Å²) >= 11 is 5.92. The highest BCUT2D eigenvalue weighted by Gasteiger charge is 2.11. The van der Waals surface area contributed by atoms with Gasteiger partial charge in [0, 0.05) is 17.0 Å². The van der Waals surface area contributed by atoms with Crippen molar-refractivity contribution in [3.8, 4) is 5.75 Å². The first-order valence-electron chi connectivity index (χ1n) is 7.20. The molecule has 1 rings (SSSR count). The molecule has 1 amide bonds. The first-order chi connectivity index (χ1) is 9.52. The van der Waals surface area contributed by atoms with Gasteiger partial charge >= 0.3 is 0 Å². The van der Waals surface area contributed by atoms with Crippen LogP contribution in [-0.2, 0) is 0 Å². The minimum Gasteiger partial charge on any atom is -0.494 e. The van der Waals surface area contributed by atoms with Gasteiger partial charge in [-0.3, -0.25) is 4.79 Å². The van der Waals surface area contributed by atoms with Gasteiger partial charge in [-0.15, -0.1) is 11.6 Å². The normalized spacial score (nSPS) is 13.6. The SMILES string of the molecule is CCCCOc1ccc(C(=O)NC(C)CC(C)Cl)cc1. The minimum atomic E-state index is -0.0741. The van der Waals surface area contributed by atoms with Crippen molar-refractivity contribution in [3.63, 3.8) is 0 Å². The molecule has 0 fully saturated rings. The van der Waals surface area contributed by atoms with Crippen LogP contribution in [-0.4, -0.2) is 23.9 Å². The molecule has 2 atom stereocenters. The third-order valence-electron chi connectivity index (χ3n) is 2.94. The van der Waals surface area contributed by atoms with Gasteiger partial charge in [0.1, 0.15) is 5.75 Å². The van der Waals surface area contributed by atoms with E-state index >= 15 is 0 Å². The second kappa shape index (κ2) is 8.85. The molecule has 1 aromatic carbocycles. The molecule has 1 aromatic rings. The Morgan fingerprint density at radius 1 is 1.30 bits per heavy atom. The zero-order chi connectivity index (χ0) is 15.0. The summed E-state index contributed by atoms with van der Waals surface area (Å²) in [5.41, 5.74) is 0.641. The first-order valence-corrected chi connectivity index (χ1v) is 7.64. The molecular weight excluding hydrogens is 274 g/mol. The summed E-state index contributed by atoms with van der Waals surface area (Å²) in [5.74, 6) is 0.729. The number of carbonyl (C=O) groups excluding carboxylic acids is 1. The zero-order valence-corrected chi connectivity index (χ0v) is 13.2. The van der Waals surface area contributed by atoms with E-state index in [1.54, 1.807) is 12.1 Å². The molecule has 0 aliphatic carbocycles. The summed E-state index contributed by atoms with van der Waals surface area (Å²) in [6, 6.07) is 7.30. The van der Waals surface area contributed by atoms with Crippen molar-refractivity contribution in [2.45, 2.75) is 51.5 Å². The fourth-order valence-corrected chi connectivity index (χ4v) is 2.16. The van der Waals surface area contributed by atoms with Crippen molar-refractivity contribution in [1.82, 2.24) is 5.32 Å². The van der Waals surface area contributed by atoms with Crippen LogP contribution in [0.25, 0.3) is 0 Å². The molecule has 0 radical (unpaired) electrons. The molecule has 0 aliphatic heterocycles. The molecule has 3 nitrogen and oxygen atoms in total. The van der Waals surface area contributed by atoms with Gasteiger partial charge in [-0.05, 0) is 51.0 Å². The van der Waals surface area contributed by atoms with Gasteiger partial charge in [-0.1, -0.05) is 13.3 Å². The summed E-state index contributed by atoms with van der Waals surface area (Å²) in [6.45, 7) is 6.72. The van der Waals surface area contributed by atoms with Crippen molar-refractivity contribution < 1.29 is 9.53 Å². The fraction of sp³-hybridized carbons (Fsp3) is 0.562. The number of unbranched alkanes of at least 4 members (excludes halogenated alkanes) is 1. The van der Waals surface area contributed by atoms with Gasteiger partial charge in [0.15, 0.2) is 0 Å². The molecule has 0 saturated heterocycles. The van der Waals surface area contributed by atoms with Gasteiger partial charge in [-0.25, -0.2) is 0 Å². The molecule has 112 valence electrons. The average Bonchev–Trinajstić information content (AvgIpc) is 2.38.